The predicted molar refractivity (Wildman–Crippen MR) is 122 cm³/mol. The topological polar surface area (TPSA) is 39.7 Å². The first-order valence-electron chi connectivity index (χ1n) is 8.22. The van der Waals surface area contributed by atoms with Crippen molar-refractivity contribution >= 4 is 62.9 Å². The molecule has 2 N–H and O–H groups in total. The molecule has 0 bridgehead atoms. The van der Waals surface area contributed by atoms with E-state index in [4.69, 9.17) is 0 Å². The first kappa shape index (κ1) is 20.5. The molecule has 1 atom stereocenters. The third-order valence-corrected chi connectivity index (χ3v) is 5.67. The molecule has 1 aromatic heterocycles. The van der Waals surface area contributed by atoms with E-state index in [0.29, 0.717) is 5.92 Å². The Bertz CT molecular complexity index is 660. The number of halogens is 2. The van der Waals surface area contributed by atoms with Gasteiger partial charge in [-0.2, -0.15) is 0 Å². The van der Waals surface area contributed by atoms with E-state index < -0.39 is 0 Å². The van der Waals surface area contributed by atoms with Crippen LogP contribution in [0.2, 0.25) is 0 Å². The molecule has 3 rings (SSSR count). The first-order valence-corrected chi connectivity index (χ1v) is 9.89. The van der Waals surface area contributed by atoms with Gasteiger partial charge in [0.2, 0.25) is 0 Å². The third kappa shape index (κ3) is 6.14. The average Bonchev–Trinajstić information content (AvgIpc) is 3.27. The molecule has 1 aromatic carbocycles. The summed E-state index contributed by atoms with van der Waals surface area (Å²) in [6, 6.07) is 12.8. The van der Waals surface area contributed by atoms with Crippen molar-refractivity contribution in [1.29, 1.82) is 0 Å². The number of thiophene rings is 1. The molecule has 7 heteroatoms. The van der Waals surface area contributed by atoms with E-state index in [9.17, 15) is 0 Å². The summed E-state index contributed by atoms with van der Waals surface area (Å²) in [5.41, 5.74) is 1.31. The number of rotatable bonds is 5. The summed E-state index contributed by atoms with van der Waals surface area (Å²) in [6.07, 6.45) is 1.21. The van der Waals surface area contributed by atoms with Crippen molar-refractivity contribution in [3.63, 3.8) is 0 Å². The molecule has 1 saturated heterocycles. The van der Waals surface area contributed by atoms with Crippen LogP contribution >= 0.6 is 51.2 Å². The number of hydrogen-bond donors (Lipinski definition) is 2. The van der Waals surface area contributed by atoms with E-state index in [1.54, 1.807) is 11.3 Å². The molecule has 0 aliphatic carbocycles. The Labute approximate surface area is 179 Å². The Hall–Kier alpha value is -0.800. The first-order chi connectivity index (χ1) is 11.7. The van der Waals surface area contributed by atoms with Gasteiger partial charge >= 0.3 is 0 Å². The van der Waals surface area contributed by atoms with Crippen LogP contribution in [0.1, 0.15) is 11.3 Å². The second kappa shape index (κ2) is 10.4. The van der Waals surface area contributed by atoms with E-state index in [-0.39, 0.29) is 24.0 Å². The van der Waals surface area contributed by atoms with Crippen LogP contribution in [0.25, 0.3) is 0 Å². The van der Waals surface area contributed by atoms with Crippen LogP contribution in [0.3, 0.4) is 0 Å². The molecule has 136 valence electrons. The molecular weight excluding hydrogens is 511 g/mol. The minimum atomic E-state index is 0. The van der Waals surface area contributed by atoms with Gasteiger partial charge in [0.1, 0.15) is 0 Å². The van der Waals surface area contributed by atoms with E-state index in [0.717, 1.165) is 36.6 Å². The Kier molecular flexibility index (Phi) is 8.51. The normalized spacial score (nSPS) is 17.3. The van der Waals surface area contributed by atoms with Crippen LogP contribution in [-0.2, 0) is 6.54 Å². The molecule has 1 aliphatic heterocycles. The number of hydrogen-bond acceptors (Lipinski definition) is 3. The third-order valence-electron chi connectivity index (χ3n) is 4.27. The van der Waals surface area contributed by atoms with E-state index in [1.807, 2.05) is 7.05 Å². The fourth-order valence-electron chi connectivity index (χ4n) is 2.93. The number of benzene rings is 1. The van der Waals surface area contributed by atoms with Crippen LogP contribution in [-0.4, -0.2) is 32.6 Å². The van der Waals surface area contributed by atoms with Crippen molar-refractivity contribution in [2.24, 2.45) is 10.9 Å². The Morgan fingerprint density at radius 3 is 2.76 bits per heavy atom. The van der Waals surface area contributed by atoms with E-state index in [1.165, 1.54) is 17.0 Å². The van der Waals surface area contributed by atoms with Crippen molar-refractivity contribution in [3.8, 4) is 0 Å². The quantitative estimate of drug-likeness (QED) is 0.341. The number of nitrogens with zero attached hydrogens (tertiary/aromatic N) is 2. The van der Waals surface area contributed by atoms with Crippen molar-refractivity contribution in [2.75, 3.05) is 31.6 Å². The molecule has 0 saturated carbocycles. The minimum Gasteiger partial charge on any atom is -0.371 e. The summed E-state index contributed by atoms with van der Waals surface area (Å²) >= 11 is 5.26. The molecule has 0 spiro atoms. The fourth-order valence-corrected chi connectivity index (χ4v) is 3.84. The summed E-state index contributed by atoms with van der Waals surface area (Å²) in [6.45, 7) is 4.00. The Morgan fingerprint density at radius 2 is 2.08 bits per heavy atom. The molecule has 4 nitrogen and oxygen atoms in total. The predicted octanol–water partition coefficient (Wildman–Crippen LogP) is 4.32. The summed E-state index contributed by atoms with van der Waals surface area (Å²) < 4.78 is 1.13. The van der Waals surface area contributed by atoms with Gasteiger partial charge in [-0.25, -0.2) is 0 Å². The molecule has 1 unspecified atom stereocenters. The molecule has 2 aromatic rings. The highest BCUT2D eigenvalue weighted by atomic mass is 127. The zero-order valence-electron chi connectivity index (χ0n) is 14.2. The summed E-state index contributed by atoms with van der Waals surface area (Å²) in [5, 5.41) is 8.94. The minimum absolute atomic E-state index is 0. The highest BCUT2D eigenvalue weighted by Crippen LogP contribution is 2.24. The number of anilines is 1. The lowest BCUT2D eigenvalue weighted by Gasteiger charge is -2.19. The number of nitrogens with one attached hydrogen (secondary N) is 2. The highest BCUT2D eigenvalue weighted by Gasteiger charge is 2.22. The van der Waals surface area contributed by atoms with Gasteiger partial charge in [0, 0.05) is 41.7 Å². The highest BCUT2D eigenvalue weighted by molar-refractivity contribution is 14.0. The molecule has 25 heavy (non-hydrogen) atoms. The van der Waals surface area contributed by atoms with Crippen molar-refractivity contribution in [2.45, 2.75) is 13.0 Å². The zero-order valence-corrected chi connectivity index (χ0v) is 19.0. The van der Waals surface area contributed by atoms with Gasteiger partial charge in [-0.3, -0.25) is 4.99 Å². The molecule has 0 radical (unpaired) electrons. The average molecular weight is 535 g/mol. The van der Waals surface area contributed by atoms with Crippen molar-refractivity contribution in [1.82, 2.24) is 10.6 Å². The van der Waals surface area contributed by atoms with Gasteiger partial charge in [0.05, 0.1) is 6.54 Å². The van der Waals surface area contributed by atoms with Gasteiger partial charge in [0.25, 0.3) is 0 Å². The molecule has 1 fully saturated rings. The van der Waals surface area contributed by atoms with Crippen LogP contribution in [0.4, 0.5) is 5.69 Å². The van der Waals surface area contributed by atoms with Gasteiger partial charge < -0.3 is 15.5 Å². The van der Waals surface area contributed by atoms with Crippen molar-refractivity contribution < 1.29 is 0 Å². The van der Waals surface area contributed by atoms with Crippen molar-refractivity contribution in [3.05, 3.63) is 51.1 Å². The van der Waals surface area contributed by atoms with Crippen LogP contribution in [0, 0.1) is 5.92 Å². The van der Waals surface area contributed by atoms with Gasteiger partial charge in [0.15, 0.2) is 5.96 Å². The SMILES string of the molecule is CN=C(NCc1cccs1)NCC1CCN(c2ccc(Br)cc2)C1.I. The van der Waals surface area contributed by atoms with Gasteiger partial charge in [-0.1, -0.05) is 22.0 Å². The smallest absolute Gasteiger partial charge is 0.191 e. The lowest BCUT2D eigenvalue weighted by molar-refractivity contribution is 0.566. The zero-order chi connectivity index (χ0) is 16.8. The van der Waals surface area contributed by atoms with Gasteiger partial charge in [-0.05, 0) is 48.1 Å². The largest absolute Gasteiger partial charge is 0.371 e. The Balaban J connectivity index is 0.00000225. The van der Waals surface area contributed by atoms with E-state index in [2.05, 4.69) is 78.2 Å². The molecule has 1 aliphatic rings. The monoisotopic (exact) mass is 534 g/mol. The second-order valence-electron chi connectivity index (χ2n) is 5.96. The summed E-state index contributed by atoms with van der Waals surface area (Å²) in [5.74, 6) is 1.53. The molecular formula is C18H24BrIN4S. The summed E-state index contributed by atoms with van der Waals surface area (Å²) in [4.78, 5) is 8.09. The van der Waals surface area contributed by atoms with Crippen LogP contribution < -0.4 is 15.5 Å². The van der Waals surface area contributed by atoms with E-state index >= 15 is 0 Å². The van der Waals surface area contributed by atoms with Gasteiger partial charge in [-0.15, -0.1) is 35.3 Å². The standard InChI is InChI=1S/C18H23BrN4S.HI/c1-20-18(22-12-17-3-2-10-24-17)21-11-14-8-9-23(13-14)16-6-4-15(19)5-7-16;/h2-7,10,14H,8-9,11-13H2,1H3,(H2,20,21,22);1H. The number of guanidine groups is 1. The maximum Gasteiger partial charge on any atom is 0.191 e. The molecule has 0 amide bonds. The Morgan fingerprint density at radius 1 is 1.28 bits per heavy atom. The number of aliphatic imine (C=N–C) groups is 1. The lowest BCUT2D eigenvalue weighted by atomic mass is 10.1. The van der Waals surface area contributed by atoms with Crippen LogP contribution in [0.15, 0.2) is 51.2 Å². The van der Waals surface area contributed by atoms with Crippen LogP contribution in [0.5, 0.6) is 0 Å². The lowest BCUT2D eigenvalue weighted by Crippen LogP contribution is -2.39. The maximum atomic E-state index is 4.32. The second-order valence-corrected chi connectivity index (χ2v) is 7.91. The molecule has 2 heterocycles. The maximum absolute atomic E-state index is 4.32. The fraction of sp³-hybridized carbons (Fsp3) is 0.389. The summed E-state index contributed by atoms with van der Waals surface area (Å²) in [7, 11) is 1.83.